The number of esters is 1. The van der Waals surface area contributed by atoms with E-state index in [-0.39, 0.29) is 12.1 Å². The zero-order chi connectivity index (χ0) is 9.68. The maximum absolute atomic E-state index is 11.4. The van der Waals surface area contributed by atoms with Crippen molar-refractivity contribution in [2.75, 3.05) is 0 Å². The Morgan fingerprint density at radius 2 is 2.46 bits per heavy atom. The van der Waals surface area contributed by atoms with Gasteiger partial charge in [-0.05, 0) is 31.5 Å². The maximum Gasteiger partial charge on any atom is 0.338 e. The van der Waals surface area contributed by atoms with E-state index in [9.17, 15) is 4.79 Å². The molecule has 1 unspecified atom stereocenters. The first-order chi connectivity index (χ1) is 6.24. The highest BCUT2D eigenvalue weighted by Gasteiger charge is 2.09. The van der Waals surface area contributed by atoms with E-state index in [4.69, 9.17) is 4.74 Å². The van der Waals surface area contributed by atoms with Crippen molar-refractivity contribution in [2.24, 2.45) is 0 Å². The zero-order valence-corrected chi connectivity index (χ0v) is 7.91. The van der Waals surface area contributed by atoms with E-state index in [2.05, 4.69) is 6.07 Å². The Bertz CT molecular complexity index is 267. The second kappa shape index (κ2) is 4.65. The molecule has 0 aromatic heterocycles. The van der Waals surface area contributed by atoms with Crippen LogP contribution in [0, 0.1) is 6.07 Å². The van der Waals surface area contributed by atoms with Gasteiger partial charge in [-0.1, -0.05) is 19.1 Å². The summed E-state index contributed by atoms with van der Waals surface area (Å²) >= 11 is 0. The summed E-state index contributed by atoms with van der Waals surface area (Å²) in [4.78, 5) is 11.4. The normalized spacial score (nSPS) is 12.2. The minimum Gasteiger partial charge on any atom is -0.459 e. The van der Waals surface area contributed by atoms with Crippen LogP contribution < -0.4 is 0 Å². The van der Waals surface area contributed by atoms with E-state index < -0.39 is 0 Å². The summed E-state index contributed by atoms with van der Waals surface area (Å²) in [6, 6.07) is 9.71. The molecule has 69 valence electrons. The lowest BCUT2D eigenvalue weighted by atomic mass is 10.2. The molecule has 0 N–H and O–H groups in total. The highest BCUT2D eigenvalue weighted by atomic mass is 16.5. The monoisotopic (exact) mass is 177 g/mol. The lowest BCUT2D eigenvalue weighted by Crippen LogP contribution is -2.13. The third-order valence-electron chi connectivity index (χ3n) is 1.83. The van der Waals surface area contributed by atoms with Crippen molar-refractivity contribution in [3.05, 3.63) is 35.9 Å². The van der Waals surface area contributed by atoms with Gasteiger partial charge in [0.2, 0.25) is 0 Å². The minimum absolute atomic E-state index is 0.0206. The maximum atomic E-state index is 11.4. The second-order valence-corrected chi connectivity index (χ2v) is 2.92. The zero-order valence-electron chi connectivity index (χ0n) is 7.91. The molecule has 1 radical (unpaired) electrons. The molecular weight excluding hydrogens is 164 g/mol. The largest absolute Gasteiger partial charge is 0.459 e. The Hall–Kier alpha value is -1.31. The number of benzene rings is 1. The standard InChI is InChI=1S/C11H13O2/c1-3-9(2)13-11(12)10-7-5-4-6-8-10/h4-5,7-9H,3H2,1-2H3. The van der Waals surface area contributed by atoms with E-state index in [1.807, 2.05) is 13.8 Å². The Morgan fingerprint density at radius 3 is 3.00 bits per heavy atom. The fourth-order valence-corrected chi connectivity index (χ4v) is 0.854. The van der Waals surface area contributed by atoms with Gasteiger partial charge in [0, 0.05) is 0 Å². The fourth-order valence-electron chi connectivity index (χ4n) is 0.854. The molecule has 0 saturated carbocycles. The molecule has 0 bridgehead atoms. The topological polar surface area (TPSA) is 26.3 Å². The van der Waals surface area contributed by atoms with Gasteiger partial charge in [-0.3, -0.25) is 0 Å². The predicted molar refractivity (Wildman–Crippen MR) is 50.4 cm³/mol. The molecule has 0 heterocycles. The summed E-state index contributed by atoms with van der Waals surface area (Å²) < 4.78 is 5.13. The van der Waals surface area contributed by atoms with Crippen molar-refractivity contribution in [3.63, 3.8) is 0 Å². The van der Waals surface area contributed by atoms with Gasteiger partial charge >= 0.3 is 5.97 Å². The summed E-state index contributed by atoms with van der Waals surface area (Å²) in [6.07, 6.45) is 0.815. The third-order valence-corrected chi connectivity index (χ3v) is 1.83. The van der Waals surface area contributed by atoms with Crippen LogP contribution in [0.25, 0.3) is 0 Å². The first-order valence-corrected chi connectivity index (χ1v) is 4.41. The Balaban J connectivity index is 2.59. The van der Waals surface area contributed by atoms with Crippen molar-refractivity contribution in [3.8, 4) is 0 Å². The van der Waals surface area contributed by atoms with Gasteiger partial charge in [0.25, 0.3) is 0 Å². The summed E-state index contributed by atoms with van der Waals surface area (Å²) in [5, 5.41) is 0. The van der Waals surface area contributed by atoms with Crippen molar-refractivity contribution in [2.45, 2.75) is 26.4 Å². The number of carbonyl (C=O) groups excluding carboxylic acids is 1. The Kier molecular flexibility index (Phi) is 3.50. The molecule has 1 aromatic carbocycles. The lowest BCUT2D eigenvalue weighted by molar-refractivity contribution is 0.0334. The summed E-state index contributed by atoms with van der Waals surface area (Å²) in [6.45, 7) is 3.86. The quantitative estimate of drug-likeness (QED) is 0.663. The highest BCUT2D eigenvalue weighted by molar-refractivity contribution is 5.89. The van der Waals surface area contributed by atoms with Crippen LogP contribution in [-0.2, 0) is 4.74 Å². The fraction of sp³-hybridized carbons (Fsp3) is 0.364. The van der Waals surface area contributed by atoms with Gasteiger partial charge in [0.05, 0.1) is 11.7 Å². The average molecular weight is 177 g/mol. The first kappa shape index (κ1) is 9.78. The molecule has 0 aliphatic carbocycles. The molecule has 2 nitrogen and oxygen atoms in total. The molecule has 0 aliphatic heterocycles. The molecule has 0 amide bonds. The van der Waals surface area contributed by atoms with Crippen molar-refractivity contribution < 1.29 is 9.53 Å². The van der Waals surface area contributed by atoms with Crippen LogP contribution in [0.15, 0.2) is 24.3 Å². The lowest BCUT2D eigenvalue weighted by Gasteiger charge is -2.10. The van der Waals surface area contributed by atoms with Gasteiger partial charge in [-0.25, -0.2) is 4.79 Å². The van der Waals surface area contributed by atoms with Crippen LogP contribution >= 0.6 is 0 Å². The van der Waals surface area contributed by atoms with Crippen LogP contribution in [-0.4, -0.2) is 12.1 Å². The summed E-state index contributed by atoms with van der Waals surface area (Å²) in [7, 11) is 0. The Labute approximate surface area is 78.5 Å². The van der Waals surface area contributed by atoms with Gasteiger partial charge in [-0.15, -0.1) is 0 Å². The number of ether oxygens (including phenoxy) is 1. The SMILES string of the molecule is CCC(C)OC(=O)c1c[c]ccc1. The second-order valence-electron chi connectivity index (χ2n) is 2.92. The van der Waals surface area contributed by atoms with E-state index in [0.717, 1.165) is 6.42 Å². The van der Waals surface area contributed by atoms with Crippen LogP contribution in [0.3, 0.4) is 0 Å². The van der Waals surface area contributed by atoms with E-state index in [0.29, 0.717) is 5.56 Å². The molecule has 13 heavy (non-hydrogen) atoms. The number of hydrogen-bond donors (Lipinski definition) is 0. The molecule has 0 spiro atoms. The van der Waals surface area contributed by atoms with Gasteiger partial charge in [0.1, 0.15) is 0 Å². The molecule has 2 heteroatoms. The number of rotatable bonds is 3. The molecule has 0 aliphatic rings. The third kappa shape index (κ3) is 2.90. The first-order valence-electron chi connectivity index (χ1n) is 4.41. The Morgan fingerprint density at radius 1 is 1.69 bits per heavy atom. The molecule has 0 saturated heterocycles. The molecule has 1 rings (SSSR count). The van der Waals surface area contributed by atoms with Gasteiger partial charge in [0.15, 0.2) is 0 Å². The average Bonchev–Trinajstić information content (AvgIpc) is 2.19. The smallest absolute Gasteiger partial charge is 0.338 e. The van der Waals surface area contributed by atoms with Crippen LogP contribution in [0.1, 0.15) is 30.6 Å². The highest BCUT2D eigenvalue weighted by Crippen LogP contribution is 2.04. The molecule has 0 fully saturated rings. The minimum atomic E-state index is -0.272. The van der Waals surface area contributed by atoms with E-state index in [1.165, 1.54) is 0 Å². The number of hydrogen-bond acceptors (Lipinski definition) is 2. The van der Waals surface area contributed by atoms with Crippen molar-refractivity contribution in [1.29, 1.82) is 0 Å². The van der Waals surface area contributed by atoms with Gasteiger partial charge in [-0.2, -0.15) is 0 Å². The number of carbonyl (C=O) groups is 1. The van der Waals surface area contributed by atoms with Crippen LogP contribution in [0.4, 0.5) is 0 Å². The van der Waals surface area contributed by atoms with Crippen LogP contribution in [0.2, 0.25) is 0 Å². The summed E-state index contributed by atoms with van der Waals surface area (Å²) in [5.74, 6) is -0.272. The predicted octanol–water partition coefficient (Wildman–Crippen LogP) is 2.44. The summed E-state index contributed by atoms with van der Waals surface area (Å²) in [5.41, 5.74) is 0.558. The van der Waals surface area contributed by atoms with Crippen LogP contribution in [0.5, 0.6) is 0 Å². The van der Waals surface area contributed by atoms with E-state index in [1.54, 1.807) is 24.3 Å². The van der Waals surface area contributed by atoms with Gasteiger partial charge < -0.3 is 4.74 Å². The van der Waals surface area contributed by atoms with Crippen molar-refractivity contribution >= 4 is 5.97 Å². The molecular formula is C11H13O2. The van der Waals surface area contributed by atoms with E-state index >= 15 is 0 Å². The molecule has 1 aromatic rings. The van der Waals surface area contributed by atoms with Crippen molar-refractivity contribution in [1.82, 2.24) is 0 Å². The molecule has 1 atom stereocenters.